The fourth-order valence-electron chi connectivity index (χ4n) is 1.37. The smallest absolute Gasteiger partial charge is 0.182 e. The second-order valence-corrected chi connectivity index (χ2v) is 4.10. The Bertz CT molecular complexity index is 256. The summed E-state index contributed by atoms with van der Waals surface area (Å²) in [7, 11) is 2.01. The summed E-state index contributed by atoms with van der Waals surface area (Å²) in [6.07, 6.45) is 0. The van der Waals surface area contributed by atoms with Crippen LogP contribution in [0.4, 0.5) is 0 Å². The van der Waals surface area contributed by atoms with Gasteiger partial charge in [-0.05, 0) is 25.3 Å². The highest BCUT2D eigenvalue weighted by Crippen LogP contribution is 2.26. The van der Waals surface area contributed by atoms with Gasteiger partial charge in [-0.1, -0.05) is 37.3 Å². The Morgan fingerprint density at radius 2 is 1.77 bits per heavy atom. The van der Waals surface area contributed by atoms with Gasteiger partial charge in [-0.15, -0.1) is 0 Å². The second-order valence-electron chi connectivity index (χ2n) is 4.10. The summed E-state index contributed by atoms with van der Waals surface area (Å²) in [5.41, 5.74) is 1.54. The quantitative estimate of drug-likeness (QED) is 0.689. The van der Waals surface area contributed by atoms with E-state index in [2.05, 4.69) is 56.3 Å². The molecule has 1 atom stereocenters. The lowest BCUT2D eigenvalue weighted by atomic mass is 9.82. The number of hydrogen-bond acceptors (Lipinski definition) is 1. The predicted molar refractivity (Wildman–Crippen MR) is 60.6 cm³/mol. The van der Waals surface area contributed by atoms with E-state index in [0.29, 0.717) is 5.92 Å². The van der Waals surface area contributed by atoms with Crippen molar-refractivity contribution >= 4 is 7.98 Å². The molecule has 0 saturated carbocycles. The third-order valence-electron chi connectivity index (χ3n) is 3.03. The zero-order valence-corrected chi connectivity index (χ0v) is 8.96. The molecular weight excluding hydrogens is 157 g/mol. The Morgan fingerprint density at radius 1 is 1.23 bits per heavy atom. The van der Waals surface area contributed by atoms with E-state index >= 15 is 0 Å². The van der Waals surface area contributed by atoms with E-state index in [0.717, 1.165) is 0 Å². The van der Waals surface area contributed by atoms with Gasteiger partial charge in [0.05, 0.1) is 0 Å². The molecule has 1 aromatic rings. The molecule has 0 heterocycles. The van der Waals surface area contributed by atoms with Crippen molar-refractivity contribution in [3.05, 3.63) is 35.9 Å². The Balaban J connectivity index is 2.85. The molecule has 0 radical (unpaired) electrons. The topological polar surface area (TPSA) is 12.0 Å². The zero-order valence-electron chi connectivity index (χ0n) is 8.96. The van der Waals surface area contributed by atoms with Gasteiger partial charge in [0.2, 0.25) is 0 Å². The summed E-state index contributed by atoms with van der Waals surface area (Å²) in [5.74, 6) is 0.527. The number of benzene rings is 1. The Labute approximate surface area is 82.0 Å². The highest BCUT2D eigenvalue weighted by atomic mass is 14.9. The van der Waals surface area contributed by atoms with Gasteiger partial charge in [0.25, 0.3) is 0 Å². The minimum atomic E-state index is 0.154. The fourth-order valence-corrected chi connectivity index (χ4v) is 1.37. The van der Waals surface area contributed by atoms with Crippen LogP contribution in [0.15, 0.2) is 30.3 Å². The average molecular weight is 175 g/mol. The first-order chi connectivity index (χ1) is 6.08. The molecular formula is C11H18BN. The van der Waals surface area contributed by atoms with Gasteiger partial charge in [0.15, 0.2) is 7.98 Å². The standard InChI is InChI=1S/C11H18BN/c1-9(11(2,3)13-12)10-7-5-4-6-8-10/h4-9,13H,12H2,1-3H3. The molecule has 0 aliphatic carbocycles. The third-order valence-corrected chi connectivity index (χ3v) is 3.03. The molecule has 2 heteroatoms. The molecule has 0 aliphatic rings. The second kappa shape index (κ2) is 3.97. The molecule has 0 bridgehead atoms. The molecule has 0 spiro atoms. The highest BCUT2D eigenvalue weighted by Gasteiger charge is 2.23. The summed E-state index contributed by atoms with van der Waals surface area (Å²) in [4.78, 5) is 0. The van der Waals surface area contributed by atoms with Gasteiger partial charge in [-0.3, -0.25) is 0 Å². The number of nitrogens with one attached hydrogen (secondary N) is 1. The van der Waals surface area contributed by atoms with Gasteiger partial charge in [0, 0.05) is 5.54 Å². The van der Waals surface area contributed by atoms with Gasteiger partial charge in [0.1, 0.15) is 0 Å². The van der Waals surface area contributed by atoms with Crippen molar-refractivity contribution < 1.29 is 0 Å². The Kier molecular flexibility index (Phi) is 3.15. The van der Waals surface area contributed by atoms with Crippen LogP contribution in [0.1, 0.15) is 32.3 Å². The molecule has 70 valence electrons. The van der Waals surface area contributed by atoms with Crippen molar-refractivity contribution in [2.75, 3.05) is 0 Å². The van der Waals surface area contributed by atoms with Crippen LogP contribution < -0.4 is 5.23 Å². The molecule has 1 unspecified atom stereocenters. The molecule has 0 aromatic heterocycles. The van der Waals surface area contributed by atoms with Crippen molar-refractivity contribution in [2.24, 2.45) is 0 Å². The van der Waals surface area contributed by atoms with Crippen LogP contribution in [0, 0.1) is 0 Å². The van der Waals surface area contributed by atoms with Crippen LogP contribution in [-0.4, -0.2) is 13.5 Å². The third kappa shape index (κ3) is 2.34. The van der Waals surface area contributed by atoms with Crippen molar-refractivity contribution in [3.63, 3.8) is 0 Å². The SMILES string of the molecule is BNC(C)(C)C(C)c1ccccc1. The van der Waals surface area contributed by atoms with Gasteiger partial charge >= 0.3 is 0 Å². The van der Waals surface area contributed by atoms with Crippen LogP contribution in [0.2, 0.25) is 0 Å². The lowest BCUT2D eigenvalue weighted by molar-refractivity contribution is 0.399. The van der Waals surface area contributed by atoms with Crippen LogP contribution in [0.5, 0.6) is 0 Å². The normalized spacial score (nSPS) is 14.1. The molecule has 13 heavy (non-hydrogen) atoms. The molecule has 1 rings (SSSR count). The van der Waals surface area contributed by atoms with E-state index in [1.165, 1.54) is 5.56 Å². The highest BCUT2D eigenvalue weighted by molar-refractivity contribution is 6.04. The monoisotopic (exact) mass is 175 g/mol. The maximum absolute atomic E-state index is 3.34. The van der Waals surface area contributed by atoms with Gasteiger partial charge in [-0.25, -0.2) is 0 Å². The molecule has 0 amide bonds. The van der Waals surface area contributed by atoms with E-state index in [4.69, 9.17) is 0 Å². The van der Waals surface area contributed by atoms with E-state index in [1.807, 2.05) is 7.98 Å². The Hall–Kier alpha value is -0.755. The first kappa shape index (κ1) is 10.3. The van der Waals surface area contributed by atoms with E-state index in [9.17, 15) is 0 Å². The number of hydrogen-bond donors (Lipinski definition) is 1. The molecule has 0 aliphatic heterocycles. The van der Waals surface area contributed by atoms with Crippen molar-refractivity contribution in [1.29, 1.82) is 0 Å². The van der Waals surface area contributed by atoms with Gasteiger partial charge < -0.3 is 5.23 Å². The van der Waals surface area contributed by atoms with Crippen molar-refractivity contribution in [2.45, 2.75) is 32.2 Å². The fraction of sp³-hybridized carbons (Fsp3) is 0.455. The van der Waals surface area contributed by atoms with E-state index in [-0.39, 0.29) is 5.54 Å². The van der Waals surface area contributed by atoms with Crippen molar-refractivity contribution in [3.8, 4) is 0 Å². The summed E-state index contributed by atoms with van der Waals surface area (Å²) in [5, 5.41) is 3.34. The predicted octanol–water partition coefficient (Wildman–Crippen LogP) is 1.71. The van der Waals surface area contributed by atoms with E-state index < -0.39 is 0 Å². The maximum atomic E-state index is 3.34. The molecule has 1 aromatic carbocycles. The minimum Gasteiger partial charge on any atom is -0.357 e. The van der Waals surface area contributed by atoms with Crippen LogP contribution in [0.3, 0.4) is 0 Å². The first-order valence-electron chi connectivity index (χ1n) is 4.82. The van der Waals surface area contributed by atoms with Crippen molar-refractivity contribution in [1.82, 2.24) is 5.23 Å². The van der Waals surface area contributed by atoms with Crippen LogP contribution in [-0.2, 0) is 0 Å². The lowest BCUT2D eigenvalue weighted by Crippen LogP contribution is -2.42. The average Bonchev–Trinajstić information content (AvgIpc) is 2.18. The van der Waals surface area contributed by atoms with Gasteiger partial charge in [-0.2, -0.15) is 0 Å². The molecule has 1 nitrogen and oxygen atoms in total. The van der Waals surface area contributed by atoms with Crippen LogP contribution in [0.25, 0.3) is 0 Å². The summed E-state index contributed by atoms with van der Waals surface area (Å²) >= 11 is 0. The number of rotatable bonds is 3. The van der Waals surface area contributed by atoms with E-state index in [1.54, 1.807) is 0 Å². The lowest BCUT2D eigenvalue weighted by Gasteiger charge is -2.32. The maximum Gasteiger partial charge on any atom is 0.182 e. The Morgan fingerprint density at radius 3 is 2.23 bits per heavy atom. The molecule has 1 N–H and O–H groups in total. The first-order valence-corrected chi connectivity index (χ1v) is 4.82. The largest absolute Gasteiger partial charge is 0.357 e. The minimum absolute atomic E-state index is 0.154. The summed E-state index contributed by atoms with van der Waals surface area (Å²) < 4.78 is 0. The summed E-state index contributed by atoms with van der Waals surface area (Å²) in [6, 6.07) is 10.6. The van der Waals surface area contributed by atoms with Crippen LogP contribution >= 0.6 is 0 Å². The summed E-state index contributed by atoms with van der Waals surface area (Å²) in [6.45, 7) is 6.71. The molecule has 0 saturated heterocycles. The molecule has 0 fully saturated rings. The zero-order chi connectivity index (χ0) is 9.90.